The van der Waals surface area contributed by atoms with Crippen LogP contribution in [0, 0.1) is 0 Å². The van der Waals surface area contributed by atoms with Crippen molar-refractivity contribution < 1.29 is 22.8 Å². The van der Waals surface area contributed by atoms with E-state index < -0.39 is 23.8 Å². The second-order valence-corrected chi connectivity index (χ2v) is 9.84. The number of amides is 2. The van der Waals surface area contributed by atoms with E-state index in [0.29, 0.717) is 31.6 Å². The number of anilines is 2. The van der Waals surface area contributed by atoms with Crippen molar-refractivity contribution in [3.05, 3.63) is 59.3 Å². The molecule has 11 nitrogen and oxygen atoms in total. The predicted molar refractivity (Wildman–Crippen MR) is 141 cm³/mol. The molecule has 2 amide bonds. The molecule has 1 saturated heterocycles. The Morgan fingerprint density at radius 1 is 1.23 bits per heavy atom. The first-order valence-electron chi connectivity index (χ1n) is 12.4. The lowest BCUT2D eigenvalue weighted by Gasteiger charge is -2.32. The van der Waals surface area contributed by atoms with E-state index in [2.05, 4.69) is 30.8 Å². The van der Waals surface area contributed by atoms with Gasteiger partial charge < -0.3 is 21.3 Å². The van der Waals surface area contributed by atoms with Crippen molar-refractivity contribution in [1.29, 1.82) is 0 Å². The summed E-state index contributed by atoms with van der Waals surface area (Å²) in [6.07, 6.45) is 2.12. The first-order valence-corrected chi connectivity index (χ1v) is 12.8. The fourth-order valence-electron chi connectivity index (χ4n) is 4.55. The molecule has 5 rings (SSSR count). The van der Waals surface area contributed by atoms with Gasteiger partial charge in [0.2, 0.25) is 5.91 Å². The van der Waals surface area contributed by atoms with Crippen LogP contribution in [0.2, 0.25) is 5.02 Å². The van der Waals surface area contributed by atoms with E-state index >= 15 is 0 Å². The first-order chi connectivity index (χ1) is 19.0. The molecule has 210 valence electrons. The van der Waals surface area contributed by atoms with Gasteiger partial charge in [-0.2, -0.15) is 18.3 Å². The highest BCUT2D eigenvalue weighted by atomic mass is 35.5. The minimum Gasteiger partial charge on any atom is -0.341 e. The summed E-state index contributed by atoms with van der Waals surface area (Å²) in [5.74, 6) is -0.449. The van der Waals surface area contributed by atoms with Crippen LogP contribution in [0.5, 0.6) is 0 Å². The van der Waals surface area contributed by atoms with Crippen molar-refractivity contribution in [2.24, 2.45) is 5.73 Å². The van der Waals surface area contributed by atoms with E-state index in [9.17, 15) is 22.8 Å². The average molecular weight is 576 g/mol. The smallest absolute Gasteiger partial charge is 0.341 e. The number of aromatic amines is 1. The van der Waals surface area contributed by atoms with Crippen molar-refractivity contribution in [1.82, 2.24) is 34.8 Å². The van der Waals surface area contributed by atoms with Crippen molar-refractivity contribution >= 4 is 40.6 Å². The average Bonchev–Trinajstić information content (AvgIpc) is 3.56. The van der Waals surface area contributed by atoms with E-state index in [0.717, 1.165) is 6.20 Å². The summed E-state index contributed by atoms with van der Waals surface area (Å²) < 4.78 is 41.6. The Bertz CT molecular complexity index is 1560. The van der Waals surface area contributed by atoms with E-state index in [1.165, 1.54) is 35.1 Å². The number of carbonyl (C=O) groups excluding carboxylic acids is 2. The number of fused-ring (bicyclic) bond motifs is 1. The molecule has 1 atom stereocenters. The number of halogens is 4. The third-order valence-electron chi connectivity index (χ3n) is 6.66. The largest absolute Gasteiger partial charge is 0.435 e. The summed E-state index contributed by atoms with van der Waals surface area (Å²) >= 11 is 6.40. The van der Waals surface area contributed by atoms with E-state index in [1.54, 1.807) is 17.9 Å². The molecule has 1 aliphatic rings. The van der Waals surface area contributed by atoms with Crippen molar-refractivity contribution in [3.8, 4) is 11.3 Å². The third-order valence-corrected chi connectivity index (χ3v) is 6.97. The molecule has 3 aromatic heterocycles. The molecule has 1 aliphatic heterocycles. The number of hydrogen-bond donors (Lipinski definition) is 4. The Labute approximate surface area is 230 Å². The molecule has 0 unspecified atom stereocenters. The molecular weight excluding hydrogens is 551 g/mol. The number of aromatic nitrogens is 5. The van der Waals surface area contributed by atoms with Gasteiger partial charge in [0.25, 0.3) is 5.91 Å². The number of nitrogens with zero attached hydrogens (tertiary/aromatic N) is 5. The van der Waals surface area contributed by atoms with Gasteiger partial charge in [-0.25, -0.2) is 9.97 Å². The highest BCUT2D eigenvalue weighted by Gasteiger charge is 2.37. The van der Waals surface area contributed by atoms with Gasteiger partial charge in [-0.05, 0) is 38.0 Å². The summed E-state index contributed by atoms with van der Waals surface area (Å²) in [5.41, 5.74) is 5.74. The molecule has 15 heteroatoms. The Morgan fingerprint density at radius 2 is 1.98 bits per heavy atom. The SMILES string of the molecule is C[C@@H](NC(=O)c1ccc(Nc2nccn3c(-c4c[nH]nc4C(F)(F)F)cnc23)cc1Cl)C(=O)N1CCC(N)CC1. The molecule has 0 spiro atoms. The molecule has 4 heterocycles. The topological polar surface area (TPSA) is 146 Å². The maximum Gasteiger partial charge on any atom is 0.435 e. The number of hydrogen-bond acceptors (Lipinski definition) is 7. The van der Waals surface area contributed by atoms with Gasteiger partial charge in [0.15, 0.2) is 17.2 Å². The molecule has 4 aromatic rings. The summed E-state index contributed by atoms with van der Waals surface area (Å²) in [6.45, 7) is 2.71. The lowest BCUT2D eigenvalue weighted by atomic mass is 10.1. The molecule has 0 aliphatic carbocycles. The second-order valence-electron chi connectivity index (χ2n) is 9.44. The minimum absolute atomic E-state index is 0.0799. The van der Waals surface area contributed by atoms with Gasteiger partial charge in [0.05, 0.1) is 28.0 Å². The molecular formula is C25H25ClF3N9O2. The first kappa shape index (κ1) is 27.4. The van der Waals surface area contributed by atoms with Crippen LogP contribution in [0.25, 0.3) is 16.9 Å². The second kappa shape index (κ2) is 10.8. The predicted octanol–water partition coefficient (Wildman–Crippen LogP) is 3.60. The Morgan fingerprint density at radius 3 is 2.67 bits per heavy atom. The number of H-pyrrole nitrogens is 1. The number of piperidine rings is 1. The molecule has 1 fully saturated rings. The summed E-state index contributed by atoms with van der Waals surface area (Å²) in [6, 6.07) is 3.92. The number of nitrogens with one attached hydrogen (secondary N) is 3. The fourth-order valence-corrected chi connectivity index (χ4v) is 4.82. The maximum atomic E-state index is 13.4. The zero-order valence-electron chi connectivity index (χ0n) is 21.2. The Hall–Kier alpha value is -4.17. The quantitative estimate of drug-likeness (QED) is 0.275. The zero-order valence-corrected chi connectivity index (χ0v) is 21.9. The number of benzene rings is 1. The molecule has 40 heavy (non-hydrogen) atoms. The molecule has 0 radical (unpaired) electrons. The van der Waals surface area contributed by atoms with E-state index in [1.807, 2.05) is 0 Å². The van der Waals surface area contributed by atoms with E-state index in [-0.39, 0.29) is 45.3 Å². The molecule has 0 saturated carbocycles. The van der Waals surface area contributed by atoms with Crippen LogP contribution in [0.15, 0.2) is 43.0 Å². The summed E-state index contributed by atoms with van der Waals surface area (Å²) in [7, 11) is 0. The van der Waals surface area contributed by atoms with E-state index in [4.69, 9.17) is 17.3 Å². The summed E-state index contributed by atoms with van der Waals surface area (Å²) in [4.78, 5) is 35.8. The van der Waals surface area contributed by atoms with Crippen LogP contribution in [0.3, 0.4) is 0 Å². The third kappa shape index (κ3) is 5.45. The van der Waals surface area contributed by atoms with Crippen LogP contribution in [0.1, 0.15) is 35.8 Å². The molecule has 0 bridgehead atoms. The van der Waals surface area contributed by atoms with Gasteiger partial charge in [-0.3, -0.25) is 19.1 Å². The van der Waals surface area contributed by atoms with Gasteiger partial charge in [0, 0.05) is 43.4 Å². The monoisotopic (exact) mass is 575 g/mol. The number of rotatable bonds is 6. The lowest BCUT2D eigenvalue weighted by molar-refractivity contribution is -0.140. The van der Waals surface area contributed by atoms with Crippen LogP contribution in [-0.4, -0.2) is 66.5 Å². The molecule has 1 aromatic carbocycles. The lowest BCUT2D eigenvalue weighted by Crippen LogP contribution is -2.50. The zero-order chi connectivity index (χ0) is 28.6. The van der Waals surface area contributed by atoms with Gasteiger partial charge >= 0.3 is 6.18 Å². The van der Waals surface area contributed by atoms with Crippen LogP contribution in [0.4, 0.5) is 24.7 Å². The van der Waals surface area contributed by atoms with Gasteiger partial charge in [-0.1, -0.05) is 11.6 Å². The minimum atomic E-state index is -4.65. The van der Waals surface area contributed by atoms with Crippen molar-refractivity contribution in [2.45, 2.75) is 38.0 Å². The normalized spacial score (nSPS) is 15.3. The van der Waals surface area contributed by atoms with Crippen molar-refractivity contribution in [3.63, 3.8) is 0 Å². The van der Waals surface area contributed by atoms with Gasteiger partial charge in [-0.15, -0.1) is 0 Å². The number of nitrogens with two attached hydrogens (primary N) is 1. The van der Waals surface area contributed by atoms with Crippen LogP contribution >= 0.6 is 11.6 Å². The van der Waals surface area contributed by atoms with Crippen LogP contribution < -0.4 is 16.4 Å². The molecule has 5 N–H and O–H groups in total. The van der Waals surface area contributed by atoms with Crippen LogP contribution in [-0.2, 0) is 11.0 Å². The number of imidazole rings is 1. The maximum absolute atomic E-state index is 13.4. The Kier molecular flexibility index (Phi) is 7.38. The van der Waals surface area contributed by atoms with Crippen molar-refractivity contribution in [2.75, 3.05) is 18.4 Å². The highest BCUT2D eigenvalue weighted by molar-refractivity contribution is 6.34. The number of likely N-dealkylation sites (tertiary alicyclic amines) is 1. The van der Waals surface area contributed by atoms with Gasteiger partial charge in [0.1, 0.15) is 6.04 Å². The summed E-state index contributed by atoms with van der Waals surface area (Å²) in [5, 5.41) is 11.4. The Balaban J connectivity index is 1.31. The highest BCUT2D eigenvalue weighted by Crippen LogP contribution is 2.36. The number of carbonyl (C=O) groups is 2. The fraction of sp³-hybridized carbons (Fsp3) is 0.320. The number of alkyl halides is 3. The standard InChI is InChI=1S/C25H25ClF3N9O2/c1-13(24(40)37-7-4-14(30)5-8-37)34-23(39)16-3-2-15(10-18(16)26)35-21-22-32-12-19(38(22)9-6-31-21)17-11-33-36-20(17)25(27,28)29/h2-3,6,9-14H,4-5,7-8,30H2,1H3,(H,31,35)(H,33,36)(H,34,39)/t13-/m1/s1.